The Morgan fingerprint density at radius 2 is 2.10 bits per heavy atom. The number of aromatic nitrogens is 1. The van der Waals surface area contributed by atoms with E-state index in [1.807, 2.05) is 0 Å². The Hall–Kier alpha value is -2.51. The zero-order valence-corrected chi connectivity index (χ0v) is 10.3. The molecular formula is C12H10F3N3O2. The normalized spacial score (nSPS) is 11.4. The highest BCUT2D eigenvalue weighted by Gasteiger charge is 2.34. The number of nitrogens with zero attached hydrogens (tertiary/aromatic N) is 1. The second-order valence-corrected chi connectivity index (χ2v) is 4.05. The van der Waals surface area contributed by atoms with Gasteiger partial charge in [-0.25, -0.2) is 0 Å². The lowest BCUT2D eigenvalue weighted by atomic mass is 10.1. The molecule has 1 aromatic heterocycles. The number of hydrogen-bond acceptors (Lipinski definition) is 4. The summed E-state index contributed by atoms with van der Waals surface area (Å²) in [5.74, 6) is -0.769. The summed E-state index contributed by atoms with van der Waals surface area (Å²) in [7, 11) is 0. The summed E-state index contributed by atoms with van der Waals surface area (Å²) in [5, 5.41) is 5.82. The van der Waals surface area contributed by atoms with Gasteiger partial charge in [0.2, 0.25) is 5.88 Å². The maximum Gasteiger partial charge on any atom is 0.418 e. The van der Waals surface area contributed by atoms with Crippen molar-refractivity contribution in [1.82, 2.24) is 5.16 Å². The number of nitrogens with one attached hydrogen (secondary N) is 1. The fourth-order valence-electron chi connectivity index (χ4n) is 1.61. The third-order valence-electron chi connectivity index (χ3n) is 2.52. The maximum absolute atomic E-state index is 12.7. The van der Waals surface area contributed by atoms with Gasteiger partial charge in [0.1, 0.15) is 0 Å². The van der Waals surface area contributed by atoms with E-state index in [4.69, 9.17) is 10.3 Å². The molecule has 1 heterocycles. The lowest BCUT2D eigenvalue weighted by molar-refractivity contribution is -0.136. The minimum absolute atomic E-state index is 0.0318. The molecule has 5 nitrogen and oxygen atoms in total. The summed E-state index contributed by atoms with van der Waals surface area (Å²) in [5.41, 5.74) is 3.96. The van der Waals surface area contributed by atoms with Crippen molar-refractivity contribution in [2.45, 2.75) is 13.1 Å². The first kappa shape index (κ1) is 13.9. The first-order valence-electron chi connectivity index (χ1n) is 5.49. The number of halogens is 3. The fraction of sp³-hybridized carbons (Fsp3) is 0.167. The number of hydrogen-bond donors (Lipinski definition) is 2. The lowest BCUT2D eigenvalue weighted by Gasteiger charge is -2.12. The Bertz CT molecular complexity index is 650. The number of para-hydroxylation sites is 1. The number of anilines is 2. The van der Waals surface area contributed by atoms with Crippen molar-refractivity contribution >= 4 is 17.5 Å². The molecule has 20 heavy (non-hydrogen) atoms. The molecule has 0 atom stereocenters. The molecule has 1 aromatic carbocycles. The van der Waals surface area contributed by atoms with Gasteiger partial charge in [-0.05, 0) is 19.1 Å². The van der Waals surface area contributed by atoms with Crippen molar-refractivity contribution in [1.29, 1.82) is 0 Å². The molecule has 0 aliphatic rings. The summed E-state index contributed by atoms with van der Waals surface area (Å²) < 4.78 is 42.8. The van der Waals surface area contributed by atoms with E-state index < -0.39 is 23.3 Å². The van der Waals surface area contributed by atoms with Gasteiger partial charge in [-0.3, -0.25) is 10.1 Å². The molecule has 0 saturated carbocycles. The number of alkyl halides is 3. The Balaban J connectivity index is 2.31. The first-order chi connectivity index (χ1) is 9.29. The molecule has 2 rings (SSSR count). The van der Waals surface area contributed by atoms with Crippen LogP contribution in [0.25, 0.3) is 0 Å². The number of benzene rings is 1. The first-order valence-corrected chi connectivity index (χ1v) is 5.49. The molecule has 0 radical (unpaired) electrons. The standard InChI is InChI=1S/C12H10F3N3O2/c1-6-5-9(20-18-6)17-11(19)7-3-2-4-8(10(7)16)12(13,14)15/h2-5H,16H2,1H3,(H,17,19). The summed E-state index contributed by atoms with van der Waals surface area (Å²) in [4.78, 5) is 11.9. The molecule has 0 saturated heterocycles. The summed E-state index contributed by atoms with van der Waals surface area (Å²) >= 11 is 0. The van der Waals surface area contributed by atoms with Crippen molar-refractivity contribution in [2.24, 2.45) is 0 Å². The third kappa shape index (κ3) is 2.73. The highest BCUT2D eigenvalue weighted by molar-refractivity contribution is 6.07. The van der Waals surface area contributed by atoms with Crippen LogP contribution in [0.3, 0.4) is 0 Å². The van der Waals surface area contributed by atoms with Gasteiger partial charge in [-0.1, -0.05) is 11.2 Å². The van der Waals surface area contributed by atoms with E-state index in [0.29, 0.717) is 5.69 Å². The van der Waals surface area contributed by atoms with Crippen LogP contribution in [0.2, 0.25) is 0 Å². The van der Waals surface area contributed by atoms with Crippen LogP contribution >= 0.6 is 0 Å². The van der Waals surface area contributed by atoms with Crippen molar-refractivity contribution < 1.29 is 22.5 Å². The predicted molar refractivity (Wildman–Crippen MR) is 65.0 cm³/mol. The Morgan fingerprint density at radius 3 is 2.65 bits per heavy atom. The van der Waals surface area contributed by atoms with Gasteiger partial charge in [0.15, 0.2) is 0 Å². The topological polar surface area (TPSA) is 81.2 Å². The molecule has 0 unspecified atom stereocenters. The molecule has 0 aliphatic carbocycles. The summed E-state index contributed by atoms with van der Waals surface area (Å²) in [6.07, 6.45) is -4.62. The molecule has 8 heteroatoms. The third-order valence-corrected chi connectivity index (χ3v) is 2.52. The van der Waals surface area contributed by atoms with E-state index in [2.05, 4.69) is 10.5 Å². The fourth-order valence-corrected chi connectivity index (χ4v) is 1.61. The molecule has 0 spiro atoms. The van der Waals surface area contributed by atoms with Gasteiger partial charge in [0, 0.05) is 6.07 Å². The van der Waals surface area contributed by atoms with Gasteiger partial charge in [0.05, 0.1) is 22.5 Å². The van der Waals surface area contributed by atoms with E-state index in [1.165, 1.54) is 12.1 Å². The lowest BCUT2D eigenvalue weighted by Crippen LogP contribution is -2.17. The zero-order valence-electron chi connectivity index (χ0n) is 10.3. The Labute approximate surface area is 111 Å². The van der Waals surface area contributed by atoms with Gasteiger partial charge in [0.25, 0.3) is 5.91 Å². The molecule has 106 valence electrons. The molecule has 0 aliphatic heterocycles. The average Bonchev–Trinajstić information content (AvgIpc) is 2.73. The quantitative estimate of drug-likeness (QED) is 0.831. The highest BCUT2D eigenvalue weighted by Crippen LogP contribution is 2.35. The van der Waals surface area contributed by atoms with E-state index >= 15 is 0 Å². The van der Waals surface area contributed by atoms with E-state index in [0.717, 1.165) is 12.1 Å². The SMILES string of the molecule is Cc1cc(NC(=O)c2cccc(C(F)(F)F)c2N)on1. The second kappa shape index (κ2) is 4.87. The number of carbonyl (C=O) groups excluding carboxylic acids is 1. The van der Waals surface area contributed by atoms with Crippen molar-refractivity contribution in [3.63, 3.8) is 0 Å². The van der Waals surface area contributed by atoms with Crippen molar-refractivity contribution in [3.8, 4) is 0 Å². The van der Waals surface area contributed by atoms with Crippen LogP contribution in [-0.4, -0.2) is 11.1 Å². The monoisotopic (exact) mass is 285 g/mol. The zero-order chi connectivity index (χ0) is 14.9. The summed E-state index contributed by atoms with van der Waals surface area (Å²) in [6, 6.07) is 4.55. The molecule has 3 N–H and O–H groups in total. The highest BCUT2D eigenvalue weighted by atomic mass is 19.4. The second-order valence-electron chi connectivity index (χ2n) is 4.05. The van der Waals surface area contributed by atoms with Gasteiger partial charge in [-0.15, -0.1) is 0 Å². The number of nitrogen functional groups attached to an aromatic ring is 1. The van der Waals surface area contributed by atoms with Crippen molar-refractivity contribution in [2.75, 3.05) is 11.1 Å². The average molecular weight is 285 g/mol. The molecular weight excluding hydrogens is 275 g/mol. The number of rotatable bonds is 2. The maximum atomic E-state index is 12.7. The predicted octanol–water partition coefficient (Wildman–Crippen LogP) is 2.84. The van der Waals surface area contributed by atoms with Gasteiger partial charge in [-0.2, -0.15) is 13.2 Å². The van der Waals surface area contributed by atoms with Crippen LogP contribution in [0.1, 0.15) is 21.6 Å². The molecule has 0 fully saturated rings. The molecule has 1 amide bonds. The number of carbonyl (C=O) groups is 1. The molecule has 0 bridgehead atoms. The Kier molecular flexibility index (Phi) is 3.39. The Morgan fingerprint density at radius 1 is 1.40 bits per heavy atom. The van der Waals surface area contributed by atoms with Crippen LogP contribution in [0.5, 0.6) is 0 Å². The van der Waals surface area contributed by atoms with E-state index in [9.17, 15) is 18.0 Å². The summed E-state index contributed by atoms with van der Waals surface area (Å²) in [6.45, 7) is 1.64. The van der Waals surface area contributed by atoms with Crippen LogP contribution in [-0.2, 0) is 6.18 Å². The molecule has 2 aromatic rings. The van der Waals surface area contributed by atoms with Gasteiger partial charge < -0.3 is 10.3 Å². The van der Waals surface area contributed by atoms with Crippen molar-refractivity contribution in [3.05, 3.63) is 41.1 Å². The van der Waals surface area contributed by atoms with Crippen LogP contribution in [0, 0.1) is 6.92 Å². The minimum atomic E-state index is -4.62. The van der Waals surface area contributed by atoms with Crippen LogP contribution in [0.4, 0.5) is 24.7 Å². The number of amides is 1. The van der Waals surface area contributed by atoms with E-state index in [-0.39, 0.29) is 11.4 Å². The largest absolute Gasteiger partial charge is 0.418 e. The van der Waals surface area contributed by atoms with Crippen LogP contribution in [0.15, 0.2) is 28.8 Å². The van der Waals surface area contributed by atoms with Gasteiger partial charge >= 0.3 is 6.18 Å². The van der Waals surface area contributed by atoms with E-state index in [1.54, 1.807) is 6.92 Å². The number of aryl methyl sites for hydroxylation is 1. The smallest absolute Gasteiger partial charge is 0.398 e. The minimum Gasteiger partial charge on any atom is -0.398 e. The number of nitrogens with two attached hydrogens (primary N) is 1. The van der Waals surface area contributed by atoms with Crippen LogP contribution < -0.4 is 11.1 Å².